The molecule has 18 heavy (non-hydrogen) atoms. The average molecular weight is 359 g/mol. The van der Waals surface area contributed by atoms with E-state index in [-0.39, 0.29) is 11.7 Å². The van der Waals surface area contributed by atoms with Crippen molar-refractivity contribution in [1.29, 1.82) is 0 Å². The lowest BCUT2D eigenvalue weighted by molar-refractivity contribution is 0.0950. The van der Waals surface area contributed by atoms with Gasteiger partial charge in [-0.25, -0.2) is 4.39 Å². The van der Waals surface area contributed by atoms with E-state index in [0.717, 1.165) is 5.56 Å². The van der Waals surface area contributed by atoms with Gasteiger partial charge in [0.15, 0.2) is 0 Å². The zero-order valence-corrected chi connectivity index (χ0v) is 11.8. The number of benzene rings is 1. The third-order valence-electron chi connectivity index (χ3n) is 2.39. The van der Waals surface area contributed by atoms with E-state index in [0.29, 0.717) is 15.7 Å². The van der Waals surface area contributed by atoms with Gasteiger partial charge in [0.05, 0.1) is 11.8 Å². The lowest BCUT2D eigenvalue weighted by Crippen LogP contribution is -2.23. The molecule has 0 bridgehead atoms. The Morgan fingerprint density at radius 3 is 2.94 bits per heavy atom. The monoisotopic (exact) mass is 359 g/mol. The number of amides is 1. The molecule has 1 aromatic carbocycles. The first-order chi connectivity index (χ1) is 8.56. The van der Waals surface area contributed by atoms with Crippen molar-refractivity contribution in [3.05, 3.63) is 51.1 Å². The van der Waals surface area contributed by atoms with Crippen molar-refractivity contribution in [2.45, 2.75) is 6.54 Å². The lowest BCUT2D eigenvalue weighted by atomic mass is 10.2. The molecule has 0 fully saturated rings. The van der Waals surface area contributed by atoms with Crippen LogP contribution in [0, 0.1) is 9.39 Å². The second-order valence-electron chi connectivity index (χ2n) is 3.83. The molecule has 1 aromatic heterocycles. The van der Waals surface area contributed by atoms with Crippen LogP contribution in [0.15, 0.2) is 30.6 Å². The van der Waals surface area contributed by atoms with Crippen LogP contribution in [0.1, 0.15) is 15.9 Å². The predicted octanol–water partition coefficient (Wildman–Crippen LogP) is 2.09. The Morgan fingerprint density at radius 1 is 1.56 bits per heavy atom. The van der Waals surface area contributed by atoms with Crippen LogP contribution in [0.2, 0.25) is 0 Å². The first-order valence-corrected chi connectivity index (χ1v) is 6.35. The van der Waals surface area contributed by atoms with E-state index in [2.05, 4.69) is 10.4 Å². The fourth-order valence-corrected chi connectivity index (χ4v) is 2.24. The van der Waals surface area contributed by atoms with E-state index in [1.807, 2.05) is 35.8 Å². The molecule has 0 spiro atoms. The van der Waals surface area contributed by atoms with E-state index in [1.54, 1.807) is 10.9 Å². The Labute approximate surface area is 117 Å². The summed E-state index contributed by atoms with van der Waals surface area (Å²) in [4.78, 5) is 11.9. The largest absolute Gasteiger partial charge is 0.348 e. The summed E-state index contributed by atoms with van der Waals surface area (Å²) < 4.78 is 15.2. The SMILES string of the molecule is Cn1cc(CNC(=O)c2ccc(F)cc2I)cn1. The van der Waals surface area contributed by atoms with Crippen LogP contribution < -0.4 is 5.32 Å². The summed E-state index contributed by atoms with van der Waals surface area (Å²) in [6, 6.07) is 4.09. The molecular formula is C12H11FIN3O. The number of rotatable bonds is 3. The smallest absolute Gasteiger partial charge is 0.252 e. The summed E-state index contributed by atoms with van der Waals surface area (Å²) in [6.07, 6.45) is 3.52. The fraction of sp³-hybridized carbons (Fsp3) is 0.167. The number of carbonyl (C=O) groups excluding carboxylic acids is 1. The molecule has 1 N–H and O–H groups in total. The van der Waals surface area contributed by atoms with Gasteiger partial charge < -0.3 is 5.32 Å². The molecule has 2 rings (SSSR count). The highest BCUT2D eigenvalue weighted by Crippen LogP contribution is 2.13. The number of hydrogen-bond donors (Lipinski definition) is 1. The standard InChI is InChI=1S/C12H11FIN3O/c1-17-7-8(6-16-17)5-15-12(18)10-3-2-9(13)4-11(10)14/h2-4,6-7H,5H2,1H3,(H,15,18). The van der Waals surface area contributed by atoms with E-state index in [1.165, 1.54) is 18.2 Å². The quantitative estimate of drug-likeness (QED) is 0.854. The van der Waals surface area contributed by atoms with Gasteiger partial charge in [-0.2, -0.15) is 5.10 Å². The van der Waals surface area contributed by atoms with Gasteiger partial charge in [-0.1, -0.05) is 0 Å². The van der Waals surface area contributed by atoms with Crippen LogP contribution in [0.4, 0.5) is 4.39 Å². The second kappa shape index (κ2) is 5.47. The predicted molar refractivity (Wildman–Crippen MR) is 73.5 cm³/mol. The highest BCUT2D eigenvalue weighted by Gasteiger charge is 2.10. The van der Waals surface area contributed by atoms with Crippen LogP contribution in [-0.2, 0) is 13.6 Å². The number of hydrogen-bond acceptors (Lipinski definition) is 2. The molecule has 6 heteroatoms. The molecule has 0 atom stereocenters. The van der Waals surface area contributed by atoms with Crippen LogP contribution in [0.25, 0.3) is 0 Å². The molecule has 0 radical (unpaired) electrons. The molecule has 0 saturated carbocycles. The Bertz CT molecular complexity index is 582. The summed E-state index contributed by atoms with van der Waals surface area (Å²) in [5.74, 6) is -0.563. The first kappa shape index (κ1) is 13.0. The molecule has 0 aliphatic heterocycles. The Morgan fingerprint density at radius 2 is 2.33 bits per heavy atom. The van der Waals surface area contributed by atoms with E-state index in [9.17, 15) is 9.18 Å². The van der Waals surface area contributed by atoms with Crippen molar-refractivity contribution >= 4 is 28.5 Å². The normalized spacial score (nSPS) is 10.4. The number of aryl methyl sites for hydroxylation is 1. The van der Waals surface area contributed by atoms with Crippen LogP contribution >= 0.6 is 22.6 Å². The molecule has 0 aliphatic rings. The van der Waals surface area contributed by atoms with Crippen LogP contribution in [-0.4, -0.2) is 15.7 Å². The van der Waals surface area contributed by atoms with Crippen molar-refractivity contribution < 1.29 is 9.18 Å². The molecule has 2 aromatic rings. The zero-order chi connectivity index (χ0) is 13.1. The summed E-state index contributed by atoms with van der Waals surface area (Å²) in [6.45, 7) is 0.403. The van der Waals surface area contributed by atoms with Crippen LogP contribution in [0.5, 0.6) is 0 Å². The topological polar surface area (TPSA) is 46.9 Å². The number of carbonyl (C=O) groups is 1. The van der Waals surface area contributed by atoms with Gasteiger partial charge in [-0.05, 0) is 40.8 Å². The molecule has 1 amide bonds. The summed E-state index contributed by atoms with van der Waals surface area (Å²) in [5.41, 5.74) is 1.39. The maximum absolute atomic E-state index is 12.9. The summed E-state index contributed by atoms with van der Waals surface area (Å²) in [7, 11) is 1.81. The minimum absolute atomic E-state index is 0.219. The van der Waals surface area contributed by atoms with Crippen molar-refractivity contribution in [3.63, 3.8) is 0 Å². The maximum atomic E-state index is 12.9. The molecular weight excluding hydrogens is 348 g/mol. The number of nitrogens with zero attached hydrogens (tertiary/aromatic N) is 2. The van der Waals surface area contributed by atoms with E-state index in [4.69, 9.17) is 0 Å². The molecule has 0 saturated heterocycles. The number of halogens is 2. The Balaban J connectivity index is 2.03. The maximum Gasteiger partial charge on any atom is 0.252 e. The van der Waals surface area contributed by atoms with Gasteiger partial charge in [0, 0.05) is 28.9 Å². The van der Waals surface area contributed by atoms with Gasteiger partial charge in [0.1, 0.15) is 5.82 Å². The molecule has 1 heterocycles. The van der Waals surface area contributed by atoms with Gasteiger partial charge >= 0.3 is 0 Å². The fourth-order valence-electron chi connectivity index (χ4n) is 1.51. The van der Waals surface area contributed by atoms with Crippen molar-refractivity contribution in [1.82, 2.24) is 15.1 Å². The number of aromatic nitrogens is 2. The molecule has 0 aliphatic carbocycles. The summed E-state index contributed by atoms with van der Waals surface area (Å²) in [5, 5.41) is 6.78. The first-order valence-electron chi connectivity index (χ1n) is 5.27. The summed E-state index contributed by atoms with van der Waals surface area (Å²) >= 11 is 1.94. The van der Waals surface area contributed by atoms with E-state index < -0.39 is 0 Å². The van der Waals surface area contributed by atoms with E-state index >= 15 is 0 Å². The average Bonchev–Trinajstić information content (AvgIpc) is 2.72. The van der Waals surface area contributed by atoms with Crippen LogP contribution in [0.3, 0.4) is 0 Å². The van der Waals surface area contributed by atoms with Gasteiger partial charge in [0.2, 0.25) is 0 Å². The highest BCUT2D eigenvalue weighted by molar-refractivity contribution is 14.1. The van der Waals surface area contributed by atoms with Gasteiger partial charge in [-0.15, -0.1) is 0 Å². The minimum atomic E-state index is -0.344. The van der Waals surface area contributed by atoms with Crippen molar-refractivity contribution in [2.24, 2.45) is 7.05 Å². The molecule has 0 unspecified atom stereocenters. The Hall–Kier alpha value is -1.44. The van der Waals surface area contributed by atoms with Crippen molar-refractivity contribution in [2.75, 3.05) is 0 Å². The van der Waals surface area contributed by atoms with Gasteiger partial charge in [-0.3, -0.25) is 9.48 Å². The number of nitrogens with one attached hydrogen (secondary N) is 1. The van der Waals surface area contributed by atoms with Crippen molar-refractivity contribution in [3.8, 4) is 0 Å². The highest BCUT2D eigenvalue weighted by atomic mass is 127. The lowest BCUT2D eigenvalue weighted by Gasteiger charge is -2.05. The zero-order valence-electron chi connectivity index (χ0n) is 9.65. The molecule has 94 valence electrons. The minimum Gasteiger partial charge on any atom is -0.348 e. The third kappa shape index (κ3) is 3.06. The van der Waals surface area contributed by atoms with Gasteiger partial charge in [0.25, 0.3) is 5.91 Å². The second-order valence-corrected chi connectivity index (χ2v) is 4.99. The third-order valence-corrected chi connectivity index (χ3v) is 3.28. The Kier molecular flexibility index (Phi) is 3.95. The molecule has 4 nitrogen and oxygen atoms in total.